The summed E-state index contributed by atoms with van der Waals surface area (Å²) in [5.41, 5.74) is 1.73. The smallest absolute Gasteiger partial charge is 0.337 e. The van der Waals surface area contributed by atoms with Gasteiger partial charge in [0.2, 0.25) is 0 Å². The third kappa shape index (κ3) is 5.09. The molecule has 0 bridgehead atoms. The van der Waals surface area contributed by atoms with Crippen molar-refractivity contribution < 1.29 is 17.0 Å². The van der Waals surface area contributed by atoms with Crippen molar-refractivity contribution in [2.75, 3.05) is 0 Å². The molecule has 0 aliphatic carbocycles. The second kappa shape index (κ2) is 8.09. The highest BCUT2D eigenvalue weighted by atomic mass is 127. The van der Waals surface area contributed by atoms with E-state index in [4.69, 9.17) is 7.80 Å². The Hall–Kier alpha value is -1.47. The second-order valence-electron chi connectivity index (χ2n) is 4.50. The highest BCUT2D eigenvalue weighted by Gasteiger charge is 2.21. The van der Waals surface area contributed by atoms with Crippen molar-refractivity contribution in [1.29, 1.82) is 0 Å². The lowest BCUT2D eigenvalue weighted by Gasteiger charge is -2.13. The third-order valence-electron chi connectivity index (χ3n) is 2.93. The number of carbonyl (C=O) groups excluding carboxylic acids is 1. The second-order valence-corrected chi connectivity index (χ2v) is 5.01. The van der Waals surface area contributed by atoms with Gasteiger partial charge in [-0.25, -0.2) is 9.18 Å². The van der Waals surface area contributed by atoms with Crippen LogP contribution in [0.4, 0.5) is 4.39 Å². The standard InChI is InChI=1S/C16H14FIO3/c17-14-8-6-12(7-9-14)10-15(21-18)16(19)20-11-13-4-2-1-3-5-13/h1-9,15H,10-11H2. The van der Waals surface area contributed by atoms with Crippen LogP contribution >= 0.6 is 23.0 Å². The normalized spacial score (nSPS) is 11.9. The van der Waals surface area contributed by atoms with Crippen LogP contribution in [0.2, 0.25) is 0 Å². The molecule has 2 rings (SSSR count). The van der Waals surface area contributed by atoms with Crippen LogP contribution in [0.1, 0.15) is 11.1 Å². The van der Waals surface area contributed by atoms with Gasteiger partial charge in [0.05, 0.1) is 0 Å². The molecule has 0 N–H and O–H groups in total. The van der Waals surface area contributed by atoms with Gasteiger partial charge in [0.1, 0.15) is 35.4 Å². The lowest BCUT2D eigenvalue weighted by molar-refractivity contribution is -0.151. The highest BCUT2D eigenvalue weighted by Crippen LogP contribution is 2.12. The summed E-state index contributed by atoms with van der Waals surface area (Å²) in [5.74, 6) is -0.741. The SMILES string of the molecule is O=C(OCc1ccccc1)C(Cc1ccc(F)cc1)OI. The van der Waals surface area contributed by atoms with Gasteiger partial charge in [-0.15, -0.1) is 0 Å². The molecule has 0 amide bonds. The topological polar surface area (TPSA) is 35.5 Å². The number of ether oxygens (including phenoxy) is 1. The Morgan fingerprint density at radius 3 is 2.33 bits per heavy atom. The Labute approximate surface area is 136 Å². The van der Waals surface area contributed by atoms with Gasteiger partial charge in [-0.05, 0) is 23.3 Å². The molecule has 5 heteroatoms. The fourth-order valence-electron chi connectivity index (χ4n) is 1.81. The van der Waals surface area contributed by atoms with E-state index in [2.05, 4.69) is 0 Å². The Morgan fingerprint density at radius 1 is 1.05 bits per heavy atom. The fraction of sp³-hybridized carbons (Fsp3) is 0.188. The first-order valence-corrected chi connectivity index (χ1v) is 7.29. The molecule has 0 aliphatic heterocycles. The van der Waals surface area contributed by atoms with Crippen LogP contribution in [-0.4, -0.2) is 12.1 Å². The molecule has 0 spiro atoms. The Morgan fingerprint density at radius 2 is 1.71 bits per heavy atom. The number of benzene rings is 2. The molecule has 0 saturated heterocycles. The van der Waals surface area contributed by atoms with Crippen molar-refractivity contribution in [2.45, 2.75) is 19.1 Å². The molecule has 21 heavy (non-hydrogen) atoms. The molecule has 0 fully saturated rings. The molecular formula is C16H14FIO3. The maximum Gasteiger partial charge on any atom is 0.337 e. The average Bonchev–Trinajstić information content (AvgIpc) is 2.53. The van der Waals surface area contributed by atoms with E-state index in [1.807, 2.05) is 30.3 Å². The number of hydrogen-bond acceptors (Lipinski definition) is 3. The van der Waals surface area contributed by atoms with Crippen LogP contribution in [0, 0.1) is 5.82 Å². The average molecular weight is 400 g/mol. The van der Waals surface area contributed by atoms with E-state index < -0.39 is 12.1 Å². The van der Waals surface area contributed by atoms with E-state index in [-0.39, 0.29) is 12.4 Å². The predicted octanol–water partition coefficient (Wildman–Crippen LogP) is 3.85. The van der Waals surface area contributed by atoms with E-state index in [9.17, 15) is 9.18 Å². The fourth-order valence-corrected chi connectivity index (χ4v) is 2.19. The maximum absolute atomic E-state index is 12.8. The lowest BCUT2D eigenvalue weighted by Crippen LogP contribution is -2.26. The minimum atomic E-state index is -0.709. The summed E-state index contributed by atoms with van der Waals surface area (Å²) >= 11 is 1.68. The number of rotatable bonds is 6. The summed E-state index contributed by atoms with van der Waals surface area (Å²) in [5, 5.41) is 0. The summed E-state index contributed by atoms with van der Waals surface area (Å²) in [6.45, 7) is 0.208. The summed E-state index contributed by atoms with van der Waals surface area (Å²) in [6.07, 6.45) is -0.364. The molecule has 0 aliphatic rings. The molecule has 110 valence electrons. The van der Waals surface area contributed by atoms with E-state index >= 15 is 0 Å². The molecule has 0 radical (unpaired) electrons. The van der Waals surface area contributed by atoms with Crippen LogP contribution in [0.5, 0.6) is 0 Å². The van der Waals surface area contributed by atoms with Crippen LogP contribution in [0.3, 0.4) is 0 Å². The van der Waals surface area contributed by atoms with E-state index in [1.165, 1.54) is 12.1 Å². The summed E-state index contributed by atoms with van der Waals surface area (Å²) < 4.78 is 23.2. The first-order valence-electron chi connectivity index (χ1n) is 6.41. The van der Waals surface area contributed by atoms with Crippen molar-refractivity contribution in [3.63, 3.8) is 0 Å². The zero-order chi connectivity index (χ0) is 15.1. The van der Waals surface area contributed by atoms with Gasteiger partial charge < -0.3 is 7.80 Å². The monoisotopic (exact) mass is 400 g/mol. The number of carbonyl (C=O) groups is 1. The van der Waals surface area contributed by atoms with Gasteiger partial charge in [0.15, 0.2) is 6.10 Å². The third-order valence-corrected chi connectivity index (χ3v) is 3.54. The summed E-state index contributed by atoms with van der Waals surface area (Å²) in [4.78, 5) is 12.0. The molecular weight excluding hydrogens is 386 g/mol. The highest BCUT2D eigenvalue weighted by molar-refractivity contribution is 14.1. The summed E-state index contributed by atoms with van der Waals surface area (Å²) in [7, 11) is 0. The van der Waals surface area contributed by atoms with Gasteiger partial charge >= 0.3 is 5.97 Å². The van der Waals surface area contributed by atoms with Gasteiger partial charge in [0.25, 0.3) is 0 Å². The van der Waals surface area contributed by atoms with Crippen LogP contribution < -0.4 is 0 Å². The van der Waals surface area contributed by atoms with Gasteiger partial charge in [-0.1, -0.05) is 42.5 Å². The molecule has 1 unspecified atom stereocenters. The van der Waals surface area contributed by atoms with Crippen molar-refractivity contribution in [1.82, 2.24) is 0 Å². The Balaban J connectivity index is 1.90. The minimum absolute atomic E-state index is 0.208. The largest absolute Gasteiger partial charge is 0.459 e. The first kappa shape index (κ1) is 15.9. The van der Waals surface area contributed by atoms with Crippen molar-refractivity contribution in [3.05, 3.63) is 71.5 Å². The lowest BCUT2D eigenvalue weighted by atomic mass is 10.1. The van der Waals surface area contributed by atoms with E-state index in [1.54, 1.807) is 35.1 Å². The molecule has 2 aromatic carbocycles. The van der Waals surface area contributed by atoms with Crippen LogP contribution in [0.25, 0.3) is 0 Å². The first-order chi connectivity index (χ1) is 10.2. The molecule has 1 atom stereocenters. The van der Waals surface area contributed by atoms with E-state index in [0.717, 1.165) is 11.1 Å². The number of hydrogen-bond donors (Lipinski definition) is 0. The van der Waals surface area contributed by atoms with Gasteiger partial charge in [-0.2, -0.15) is 0 Å². The Bertz CT molecular complexity index is 572. The molecule has 3 nitrogen and oxygen atoms in total. The van der Waals surface area contributed by atoms with Crippen LogP contribution in [0.15, 0.2) is 54.6 Å². The molecule has 0 aromatic heterocycles. The van der Waals surface area contributed by atoms with E-state index in [0.29, 0.717) is 6.42 Å². The molecule has 0 heterocycles. The molecule has 2 aromatic rings. The van der Waals surface area contributed by atoms with Gasteiger partial charge in [-0.3, -0.25) is 0 Å². The number of halogens is 2. The zero-order valence-corrected chi connectivity index (χ0v) is 13.3. The number of esters is 1. The minimum Gasteiger partial charge on any atom is -0.459 e. The quantitative estimate of drug-likeness (QED) is 0.546. The van der Waals surface area contributed by atoms with Crippen LogP contribution in [-0.2, 0) is 25.6 Å². The zero-order valence-electron chi connectivity index (χ0n) is 11.2. The van der Waals surface area contributed by atoms with Gasteiger partial charge in [0, 0.05) is 6.42 Å². The summed E-state index contributed by atoms with van der Waals surface area (Å²) in [6, 6.07) is 15.4. The van der Waals surface area contributed by atoms with Crippen molar-refractivity contribution in [3.8, 4) is 0 Å². The Kier molecular flexibility index (Phi) is 6.13. The molecule has 0 saturated carbocycles. The maximum atomic E-state index is 12.8. The van der Waals surface area contributed by atoms with Crippen molar-refractivity contribution >= 4 is 29.0 Å². The van der Waals surface area contributed by atoms with Crippen molar-refractivity contribution in [2.24, 2.45) is 0 Å². The predicted molar refractivity (Wildman–Crippen MR) is 85.2 cm³/mol.